The Morgan fingerprint density at radius 2 is 2.30 bits per heavy atom. The third kappa shape index (κ3) is 4.44. The predicted octanol–water partition coefficient (Wildman–Crippen LogP) is 2.67. The highest BCUT2D eigenvalue weighted by atomic mass is 16.3. The van der Waals surface area contributed by atoms with Gasteiger partial charge in [0.05, 0.1) is 6.61 Å². The second kappa shape index (κ2) is 7.77. The molecule has 1 fully saturated rings. The molecular weight excluding hydrogens is 290 g/mol. The number of carbonyl (C=O) groups is 1. The maximum absolute atomic E-state index is 12.2. The molecule has 2 amide bonds. The molecule has 3 unspecified atom stereocenters. The Morgan fingerprint density at radius 1 is 1.52 bits per heavy atom. The average molecular weight is 319 g/mol. The van der Waals surface area contributed by atoms with Gasteiger partial charge in [0, 0.05) is 36.3 Å². The fourth-order valence-electron chi connectivity index (χ4n) is 3.41. The zero-order chi connectivity index (χ0) is 16.9. The summed E-state index contributed by atoms with van der Waals surface area (Å²) in [7, 11) is 0. The van der Waals surface area contributed by atoms with E-state index in [1.807, 2.05) is 19.2 Å². The topological polar surface area (TPSA) is 74.2 Å². The van der Waals surface area contributed by atoms with Gasteiger partial charge in [0.2, 0.25) is 0 Å². The lowest BCUT2D eigenvalue weighted by Crippen LogP contribution is -2.49. The van der Waals surface area contributed by atoms with Crippen molar-refractivity contribution >= 4 is 6.03 Å². The van der Waals surface area contributed by atoms with Crippen LogP contribution < -0.4 is 10.6 Å². The highest BCUT2D eigenvalue weighted by Crippen LogP contribution is 2.37. The number of rotatable bonds is 6. The maximum Gasteiger partial charge on any atom is 0.315 e. The summed E-state index contributed by atoms with van der Waals surface area (Å²) in [5.74, 6) is 0.649. The zero-order valence-corrected chi connectivity index (χ0v) is 14.4. The van der Waals surface area contributed by atoms with Gasteiger partial charge in [0.15, 0.2) is 0 Å². The number of aromatic nitrogens is 1. The lowest BCUT2D eigenvalue weighted by Gasteiger charge is -2.30. The van der Waals surface area contributed by atoms with E-state index in [9.17, 15) is 9.90 Å². The van der Waals surface area contributed by atoms with Crippen LogP contribution in [-0.4, -0.2) is 35.3 Å². The Hall–Kier alpha value is -1.62. The SMILES string of the molecule is CC(C)C(CNC(=O)NC1CCCC1(C)CO)c1cccnc1. The zero-order valence-electron chi connectivity index (χ0n) is 14.4. The van der Waals surface area contributed by atoms with E-state index in [1.165, 1.54) is 0 Å². The van der Waals surface area contributed by atoms with Crippen molar-refractivity contribution in [1.82, 2.24) is 15.6 Å². The maximum atomic E-state index is 12.2. The summed E-state index contributed by atoms with van der Waals surface area (Å²) in [5, 5.41) is 15.6. The number of aliphatic hydroxyl groups excluding tert-OH is 1. The minimum atomic E-state index is -0.196. The summed E-state index contributed by atoms with van der Waals surface area (Å²) < 4.78 is 0. The molecule has 0 spiro atoms. The molecular formula is C18H29N3O2. The van der Waals surface area contributed by atoms with Crippen LogP contribution in [0.4, 0.5) is 4.79 Å². The van der Waals surface area contributed by atoms with Crippen LogP contribution in [0.15, 0.2) is 24.5 Å². The van der Waals surface area contributed by atoms with Crippen molar-refractivity contribution in [3.63, 3.8) is 0 Å². The molecule has 0 radical (unpaired) electrons. The summed E-state index contributed by atoms with van der Waals surface area (Å²) in [6.07, 6.45) is 6.56. The molecule has 1 aliphatic rings. The van der Waals surface area contributed by atoms with Gasteiger partial charge in [-0.15, -0.1) is 0 Å². The van der Waals surface area contributed by atoms with Crippen LogP contribution in [0, 0.1) is 11.3 Å². The Labute approximate surface area is 138 Å². The molecule has 1 saturated carbocycles. The third-order valence-corrected chi connectivity index (χ3v) is 5.15. The lowest BCUT2D eigenvalue weighted by atomic mass is 9.86. The Balaban J connectivity index is 1.90. The fourth-order valence-corrected chi connectivity index (χ4v) is 3.41. The van der Waals surface area contributed by atoms with Crippen LogP contribution in [0.25, 0.3) is 0 Å². The van der Waals surface area contributed by atoms with Crippen LogP contribution in [0.2, 0.25) is 0 Å². The summed E-state index contributed by atoms with van der Waals surface area (Å²) in [6.45, 7) is 7.03. The van der Waals surface area contributed by atoms with E-state index in [0.717, 1.165) is 24.8 Å². The van der Waals surface area contributed by atoms with Gasteiger partial charge in [-0.1, -0.05) is 33.3 Å². The van der Waals surface area contributed by atoms with Crippen LogP contribution in [0.1, 0.15) is 51.5 Å². The number of pyridine rings is 1. The van der Waals surface area contributed by atoms with E-state index in [1.54, 1.807) is 6.20 Å². The number of nitrogens with zero attached hydrogens (tertiary/aromatic N) is 1. The minimum Gasteiger partial charge on any atom is -0.396 e. The standard InChI is InChI=1S/C18H29N3O2/c1-13(2)15(14-6-5-9-19-10-14)11-20-17(23)21-16-7-4-8-18(16,3)12-22/h5-6,9-10,13,15-16,22H,4,7-8,11-12H2,1-3H3,(H2,20,21,23). The summed E-state index contributed by atoms with van der Waals surface area (Å²) in [6, 6.07) is 3.88. The third-order valence-electron chi connectivity index (χ3n) is 5.15. The molecule has 5 heteroatoms. The van der Waals surface area contributed by atoms with E-state index in [2.05, 4.69) is 35.5 Å². The largest absolute Gasteiger partial charge is 0.396 e. The second-order valence-corrected chi connectivity index (χ2v) is 7.25. The van der Waals surface area contributed by atoms with Gasteiger partial charge >= 0.3 is 6.03 Å². The monoisotopic (exact) mass is 319 g/mol. The fraction of sp³-hybridized carbons (Fsp3) is 0.667. The Morgan fingerprint density at radius 3 is 2.91 bits per heavy atom. The van der Waals surface area contributed by atoms with E-state index >= 15 is 0 Å². The highest BCUT2D eigenvalue weighted by Gasteiger charge is 2.39. The van der Waals surface area contributed by atoms with Crippen molar-refractivity contribution in [1.29, 1.82) is 0 Å². The Kier molecular flexibility index (Phi) is 5.99. The first-order valence-corrected chi connectivity index (χ1v) is 8.51. The molecule has 0 aliphatic heterocycles. The minimum absolute atomic E-state index is 0.0448. The van der Waals surface area contributed by atoms with E-state index in [0.29, 0.717) is 12.5 Å². The number of hydrogen-bond acceptors (Lipinski definition) is 3. The molecule has 1 aliphatic carbocycles. The molecule has 23 heavy (non-hydrogen) atoms. The highest BCUT2D eigenvalue weighted by molar-refractivity contribution is 5.74. The molecule has 0 saturated heterocycles. The number of urea groups is 1. The van der Waals surface area contributed by atoms with Gasteiger partial charge in [0.1, 0.15) is 0 Å². The quantitative estimate of drug-likeness (QED) is 0.754. The number of aliphatic hydroxyl groups is 1. The van der Waals surface area contributed by atoms with Crippen molar-refractivity contribution in [3.05, 3.63) is 30.1 Å². The van der Waals surface area contributed by atoms with Gasteiger partial charge in [-0.3, -0.25) is 4.98 Å². The first-order valence-electron chi connectivity index (χ1n) is 8.51. The van der Waals surface area contributed by atoms with Gasteiger partial charge in [-0.05, 0) is 30.4 Å². The van der Waals surface area contributed by atoms with Gasteiger partial charge in [-0.2, -0.15) is 0 Å². The van der Waals surface area contributed by atoms with E-state index in [4.69, 9.17) is 0 Å². The summed E-state index contributed by atoms with van der Waals surface area (Å²) >= 11 is 0. The number of carbonyl (C=O) groups excluding carboxylic acids is 1. The van der Waals surface area contributed by atoms with Crippen molar-refractivity contribution in [3.8, 4) is 0 Å². The predicted molar refractivity (Wildman–Crippen MR) is 91.2 cm³/mol. The van der Waals surface area contributed by atoms with E-state index < -0.39 is 0 Å². The molecule has 3 atom stereocenters. The lowest BCUT2D eigenvalue weighted by molar-refractivity contribution is 0.121. The molecule has 0 aromatic carbocycles. The molecule has 128 valence electrons. The summed E-state index contributed by atoms with van der Waals surface area (Å²) in [4.78, 5) is 16.4. The first-order chi connectivity index (χ1) is 11.0. The second-order valence-electron chi connectivity index (χ2n) is 7.25. The van der Waals surface area contributed by atoms with Crippen molar-refractivity contribution in [2.75, 3.05) is 13.2 Å². The molecule has 1 aromatic rings. The van der Waals surface area contributed by atoms with Crippen LogP contribution >= 0.6 is 0 Å². The number of hydrogen-bond donors (Lipinski definition) is 3. The Bertz CT molecular complexity index is 506. The molecule has 5 nitrogen and oxygen atoms in total. The van der Waals surface area contributed by atoms with Crippen molar-refractivity contribution < 1.29 is 9.90 Å². The molecule has 1 aromatic heterocycles. The molecule has 0 bridgehead atoms. The average Bonchev–Trinajstić information content (AvgIpc) is 2.90. The van der Waals surface area contributed by atoms with Gasteiger partial charge in [0.25, 0.3) is 0 Å². The summed E-state index contributed by atoms with van der Waals surface area (Å²) in [5.41, 5.74) is 0.946. The smallest absolute Gasteiger partial charge is 0.315 e. The number of nitrogens with one attached hydrogen (secondary N) is 2. The van der Waals surface area contributed by atoms with Crippen LogP contribution in [0.5, 0.6) is 0 Å². The van der Waals surface area contributed by atoms with Gasteiger partial charge < -0.3 is 15.7 Å². The van der Waals surface area contributed by atoms with E-state index in [-0.39, 0.29) is 30.0 Å². The molecule has 1 heterocycles. The van der Waals surface area contributed by atoms with Crippen LogP contribution in [0.3, 0.4) is 0 Å². The molecule has 3 N–H and O–H groups in total. The number of amides is 2. The first kappa shape index (κ1) is 17.7. The van der Waals surface area contributed by atoms with Crippen LogP contribution in [-0.2, 0) is 0 Å². The van der Waals surface area contributed by atoms with Gasteiger partial charge in [-0.25, -0.2) is 4.79 Å². The molecule has 2 rings (SSSR count). The van der Waals surface area contributed by atoms with Crippen molar-refractivity contribution in [2.45, 2.75) is 52.0 Å². The normalized spacial score (nSPS) is 25.3. The van der Waals surface area contributed by atoms with Crippen molar-refractivity contribution in [2.24, 2.45) is 11.3 Å².